The van der Waals surface area contributed by atoms with Gasteiger partial charge in [-0.3, -0.25) is 0 Å². The van der Waals surface area contributed by atoms with E-state index in [0.29, 0.717) is 6.04 Å². The number of likely N-dealkylation sites (N-methyl/N-ethyl adjacent to an activating group) is 1. The molecule has 0 saturated heterocycles. The minimum atomic E-state index is -0.143. The molecule has 1 N–H and O–H groups in total. The number of nitrogens with one attached hydrogen (secondary N) is 1. The van der Waals surface area contributed by atoms with Crippen molar-refractivity contribution in [2.24, 2.45) is 5.92 Å². The van der Waals surface area contributed by atoms with Crippen LogP contribution in [-0.4, -0.2) is 24.1 Å². The highest BCUT2D eigenvalue weighted by Crippen LogP contribution is 2.16. The van der Waals surface area contributed by atoms with Gasteiger partial charge in [-0.15, -0.1) is 0 Å². The van der Waals surface area contributed by atoms with Crippen LogP contribution in [0.3, 0.4) is 0 Å². The fraction of sp³-hybridized carbons (Fsp3) is 0.625. The molecule has 0 saturated carbocycles. The zero-order valence-corrected chi connectivity index (χ0v) is 13.3. The molecule has 1 aromatic rings. The van der Waals surface area contributed by atoms with Crippen LogP contribution in [0.15, 0.2) is 18.2 Å². The number of rotatable bonds is 8. The van der Waals surface area contributed by atoms with Crippen LogP contribution in [0.4, 0.5) is 4.39 Å². The van der Waals surface area contributed by atoms with E-state index in [0.717, 1.165) is 30.2 Å². The molecule has 0 aliphatic heterocycles. The third-order valence-electron chi connectivity index (χ3n) is 3.03. The molecule has 1 nitrogen and oxygen atoms in total. The summed E-state index contributed by atoms with van der Waals surface area (Å²) in [5, 5.41) is 3.53. The first kappa shape index (κ1) is 16.5. The lowest BCUT2D eigenvalue weighted by Crippen LogP contribution is -2.33. The largest absolute Gasteiger partial charge is 0.313 e. The SMILES string of the molecule is CCNC(CSCC(C)C)Cc1ccc(F)cc1C. The van der Waals surface area contributed by atoms with E-state index >= 15 is 0 Å². The van der Waals surface area contributed by atoms with Gasteiger partial charge in [0.15, 0.2) is 0 Å². The summed E-state index contributed by atoms with van der Waals surface area (Å²) in [4.78, 5) is 0. The van der Waals surface area contributed by atoms with Gasteiger partial charge in [-0.2, -0.15) is 11.8 Å². The van der Waals surface area contributed by atoms with E-state index < -0.39 is 0 Å². The van der Waals surface area contributed by atoms with E-state index in [-0.39, 0.29) is 5.82 Å². The molecular formula is C16H26FNS. The van der Waals surface area contributed by atoms with E-state index in [2.05, 4.69) is 26.1 Å². The first-order valence-corrected chi connectivity index (χ1v) is 8.24. The van der Waals surface area contributed by atoms with Gasteiger partial charge in [0.2, 0.25) is 0 Å². The molecule has 0 radical (unpaired) electrons. The van der Waals surface area contributed by atoms with Gasteiger partial charge >= 0.3 is 0 Å². The molecule has 1 rings (SSSR count). The Kier molecular flexibility index (Phi) is 7.47. The Morgan fingerprint density at radius 1 is 1.26 bits per heavy atom. The standard InChI is InChI=1S/C16H26FNS/c1-5-18-16(11-19-10-12(2)3)9-14-6-7-15(17)8-13(14)4/h6-8,12,16,18H,5,9-11H2,1-4H3. The van der Waals surface area contributed by atoms with E-state index in [1.54, 1.807) is 12.1 Å². The minimum Gasteiger partial charge on any atom is -0.313 e. The summed E-state index contributed by atoms with van der Waals surface area (Å²) in [6.07, 6.45) is 0.977. The molecule has 3 heteroatoms. The molecule has 19 heavy (non-hydrogen) atoms. The van der Waals surface area contributed by atoms with Gasteiger partial charge < -0.3 is 5.32 Å². The molecule has 1 aromatic carbocycles. The monoisotopic (exact) mass is 283 g/mol. The summed E-state index contributed by atoms with van der Waals surface area (Å²) in [6, 6.07) is 5.58. The zero-order valence-electron chi connectivity index (χ0n) is 12.5. The van der Waals surface area contributed by atoms with Crippen LogP contribution in [0.2, 0.25) is 0 Å². The Hall–Kier alpha value is -0.540. The van der Waals surface area contributed by atoms with E-state index in [1.165, 1.54) is 11.3 Å². The number of hydrogen-bond donors (Lipinski definition) is 1. The average molecular weight is 283 g/mol. The predicted octanol–water partition coefficient (Wildman–Crippen LogP) is 4.04. The first-order chi connectivity index (χ1) is 9.02. The van der Waals surface area contributed by atoms with Crippen molar-refractivity contribution in [1.82, 2.24) is 5.32 Å². The van der Waals surface area contributed by atoms with Gasteiger partial charge in [0, 0.05) is 11.8 Å². The lowest BCUT2D eigenvalue weighted by Gasteiger charge is -2.19. The lowest BCUT2D eigenvalue weighted by atomic mass is 10.0. The summed E-state index contributed by atoms with van der Waals surface area (Å²) in [7, 11) is 0. The highest BCUT2D eigenvalue weighted by Gasteiger charge is 2.11. The fourth-order valence-corrected chi connectivity index (χ4v) is 3.21. The quantitative estimate of drug-likeness (QED) is 0.772. The summed E-state index contributed by atoms with van der Waals surface area (Å²) in [6.45, 7) is 9.60. The van der Waals surface area contributed by atoms with Crippen molar-refractivity contribution >= 4 is 11.8 Å². The van der Waals surface area contributed by atoms with Gasteiger partial charge in [0.05, 0.1) is 0 Å². The maximum atomic E-state index is 13.1. The highest BCUT2D eigenvalue weighted by atomic mass is 32.2. The average Bonchev–Trinajstić information content (AvgIpc) is 2.32. The Morgan fingerprint density at radius 2 is 2.00 bits per heavy atom. The van der Waals surface area contributed by atoms with Gasteiger partial charge in [0.1, 0.15) is 5.82 Å². The third-order valence-corrected chi connectivity index (χ3v) is 4.57. The highest BCUT2D eigenvalue weighted by molar-refractivity contribution is 7.99. The van der Waals surface area contributed by atoms with Crippen molar-refractivity contribution in [3.63, 3.8) is 0 Å². The van der Waals surface area contributed by atoms with Gasteiger partial charge in [-0.1, -0.05) is 26.8 Å². The summed E-state index contributed by atoms with van der Waals surface area (Å²) >= 11 is 2.00. The Balaban J connectivity index is 2.56. The molecule has 1 atom stereocenters. The van der Waals surface area contributed by atoms with Crippen molar-refractivity contribution < 1.29 is 4.39 Å². The van der Waals surface area contributed by atoms with Gasteiger partial charge in [-0.05, 0) is 54.8 Å². The van der Waals surface area contributed by atoms with Crippen LogP contribution in [-0.2, 0) is 6.42 Å². The Labute approximate surface area is 121 Å². The molecule has 1 unspecified atom stereocenters. The molecule has 0 amide bonds. The molecular weight excluding hydrogens is 257 g/mol. The second-order valence-electron chi connectivity index (χ2n) is 5.46. The molecule has 108 valence electrons. The van der Waals surface area contributed by atoms with Crippen molar-refractivity contribution in [1.29, 1.82) is 0 Å². The third kappa shape index (κ3) is 6.44. The van der Waals surface area contributed by atoms with Gasteiger partial charge in [0.25, 0.3) is 0 Å². The van der Waals surface area contributed by atoms with Gasteiger partial charge in [-0.25, -0.2) is 4.39 Å². The van der Waals surface area contributed by atoms with Crippen LogP contribution in [0.25, 0.3) is 0 Å². The fourth-order valence-electron chi connectivity index (χ4n) is 2.08. The zero-order chi connectivity index (χ0) is 14.3. The van der Waals surface area contributed by atoms with E-state index in [1.807, 2.05) is 24.8 Å². The summed E-state index contributed by atoms with van der Waals surface area (Å²) in [5.74, 6) is 2.91. The number of halogens is 1. The lowest BCUT2D eigenvalue weighted by molar-refractivity contribution is 0.569. The van der Waals surface area contributed by atoms with E-state index in [9.17, 15) is 4.39 Å². The first-order valence-electron chi connectivity index (χ1n) is 7.09. The molecule has 0 aromatic heterocycles. The molecule has 0 spiro atoms. The number of hydrogen-bond acceptors (Lipinski definition) is 2. The molecule has 0 heterocycles. The molecule has 0 fully saturated rings. The normalized spacial score (nSPS) is 12.9. The van der Waals surface area contributed by atoms with Crippen molar-refractivity contribution in [3.05, 3.63) is 35.1 Å². The second kappa shape index (κ2) is 8.60. The van der Waals surface area contributed by atoms with Crippen LogP contribution in [0, 0.1) is 18.7 Å². The molecule has 0 aliphatic rings. The van der Waals surface area contributed by atoms with Crippen molar-refractivity contribution in [3.8, 4) is 0 Å². The smallest absolute Gasteiger partial charge is 0.123 e. The van der Waals surface area contributed by atoms with Crippen molar-refractivity contribution in [2.75, 3.05) is 18.1 Å². The second-order valence-corrected chi connectivity index (χ2v) is 6.54. The Bertz CT molecular complexity index is 379. The summed E-state index contributed by atoms with van der Waals surface area (Å²) < 4.78 is 13.1. The maximum Gasteiger partial charge on any atom is 0.123 e. The van der Waals surface area contributed by atoms with Crippen LogP contribution in [0.1, 0.15) is 31.9 Å². The van der Waals surface area contributed by atoms with Crippen LogP contribution in [0.5, 0.6) is 0 Å². The predicted molar refractivity (Wildman–Crippen MR) is 84.5 cm³/mol. The molecule has 0 bridgehead atoms. The van der Waals surface area contributed by atoms with E-state index in [4.69, 9.17) is 0 Å². The minimum absolute atomic E-state index is 0.143. The topological polar surface area (TPSA) is 12.0 Å². The number of thioether (sulfide) groups is 1. The Morgan fingerprint density at radius 3 is 2.58 bits per heavy atom. The van der Waals surface area contributed by atoms with Crippen molar-refractivity contribution in [2.45, 2.75) is 40.2 Å². The number of aryl methyl sites for hydroxylation is 1. The summed E-state index contributed by atoms with van der Waals surface area (Å²) in [5.41, 5.74) is 2.30. The van der Waals surface area contributed by atoms with Crippen LogP contribution >= 0.6 is 11.8 Å². The maximum absolute atomic E-state index is 13.1. The van der Waals surface area contributed by atoms with Crippen LogP contribution < -0.4 is 5.32 Å². The molecule has 0 aliphatic carbocycles. The number of benzene rings is 1.